The van der Waals surface area contributed by atoms with E-state index >= 15 is 0 Å². The smallest absolute Gasteiger partial charge is 0.303 e. The number of carbonyl (C=O) groups excluding carboxylic acids is 2. The summed E-state index contributed by atoms with van der Waals surface area (Å²) in [5, 5.41) is 14.6. The number of carboxylic acid groups (broad SMARTS) is 1. The number of hydrogen-bond donors (Lipinski definition) is 3. The van der Waals surface area contributed by atoms with Gasteiger partial charge in [-0.25, -0.2) is 0 Å². The molecule has 0 heterocycles. The van der Waals surface area contributed by atoms with E-state index in [1.807, 2.05) is 55.5 Å². The van der Waals surface area contributed by atoms with Crippen LogP contribution in [0.15, 0.2) is 66.7 Å². The summed E-state index contributed by atoms with van der Waals surface area (Å²) < 4.78 is 0. The molecule has 1 aliphatic rings. The quantitative estimate of drug-likeness (QED) is 0.386. The highest BCUT2D eigenvalue weighted by Gasteiger charge is 2.24. The molecule has 0 spiro atoms. The van der Waals surface area contributed by atoms with Gasteiger partial charge in [0.25, 0.3) is 5.91 Å². The lowest BCUT2D eigenvalue weighted by atomic mass is 10.0. The Morgan fingerprint density at radius 1 is 0.939 bits per heavy atom. The van der Waals surface area contributed by atoms with Crippen LogP contribution in [0.2, 0.25) is 0 Å². The Balaban J connectivity index is 1.45. The van der Waals surface area contributed by atoms with E-state index in [1.54, 1.807) is 6.07 Å². The molecule has 0 unspecified atom stereocenters. The van der Waals surface area contributed by atoms with Gasteiger partial charge in [-0.1, -0.05) is 60.2 Å². The molecule has 0 bridgehead atoms. The highest BCUT2D eigenvalue weighted by molar-refractivity contribution is 5.98. The van der Waals surface area contributed by atoms with Gasteiger partial charge < -0.3 is 15.7 Å². The first-order valence-corrected chi connectivity index (χ1v) is 11.0. The summed E-state index contributed by atoms with van der Waals surface area (Å²) in [5.41, 5.74) is 7.04. The molecule has 33 heavy (non-hydrogen) atoms. The second-order valence-corrected chi connectivity index (χ2v) is 8.37. The molecule has 0 saturated heterocycles. The molecule has 3 N–H and O–H groups in total. The van der Waals surface area contributed by atoms with Gasteiger partial charge in [0, 0.05) is 18.5 Å². The van der Waals surface area contributed by atoms with Crippen molar-refractivity contribution in [2.24, 2.45) is 0 Å². The van der Waals surface area contributed by atoms with E-state index < -0.39 is 23.8 Å². The second-order valence-electron chi connectivity index (χ2n) is 8.37. The Morgan fingerprint density at radius 2 is 1.73 bits per heavy atom. The van der Waals surface area contributed by atoms with Crippen LogP contribution in [0.25, 0.3) is 11.1 Å². The van der Waals surface area contributed by atoms with Gasteiger partial charge in [-0.2, -0.15) is 0 Å². The first-order valence-electron chi connectivity index (χ1n) is 11.0. The summed E-state index contributed by atoms with van der Waals surface area (Å²) in [6, 6.07) is 20.5. The van der Waals surface area contributed by atoms with Crippen molar-refractivity contribution in [2.75, 3.05) is 0 Å². The number of aliphatic carboxylic acids is 1. The topological polar surface area (TPSA) is 95.5 Å². The van der Waals surface area contributed by atoms with Crippen LogP contribution in [-0.2, 0) is 22.6 Å². The average Bonchev–Trinajstić information content (AvgIpc) is 3.18. The summed E-state index contributed by atoms with van der Waals surface area (Å²) >= 11 is 0. The van der Waals surface area contributed by atoms with Crippen LogP contribution in [0, 0.1) is 6.92 Å². The highest BCUT2D eigenvalue weighted by atomic mass is 16.4. The second kappa shape index (κ2) is 9.69. The number of carbonyl (C=O) groups is 3. The van der Waals surface area contributed by atoms with Crippen molar-refractivity contribution in [3.05, 3.63) is 94.5 Å². The summed E-state index contributed by atoms with van der Waals surface area (Å²) in [4.78, 5) is 36.8. The standard InChI is InChI=1S/C27H26N2O4/c1-17-5-4-6-18(13-17)16-28-27(33)24(11-12-25(30)31)29-26(32)20-9-10-23-21(15-20)14-19-7-2-3-8-22(19)23/h2-10,13,15,24H,11-12,14,16H2,1H3,(H,28,33)(H,29,32)(H,30,31)/t24-/m0/s1. The zero-order chi connectivity index (χ0) is 23.4. The Labute approximate surface area is 192 Å². The molecular weight excluding hydrogens is 416 g/mol. The highest BCUT2D eigenvalue weighted by Crippen LogP contribution is 2.36. The van der Waals surface area contributed by atoms with E-state index in [4.69, 9.17) is 5.11 Å². The number of benzene rings is 3. The van der Waals surface area contributed by atoms with E-state index in [1.165, 1.54) is 11.1 Å². The van der Waals surface area contributed by atoms with Gasteiger partial charge >= 0.3 is 5.97 Å². The fourth-order valence-corrected chi connectivity index (χ4v) is 4.20. The van der Waals surface area contributed by atoms with E-state index in [-0.39, 0.29) is 12.8 Å². The SMILES string of the molecule is Cc1cccc(CNC(=O)[C@H](CCC(=O)O)NC(=O)c2ccc3c(c2)Cc2ccccc2-3)c1. The Hall–Kier alpha value is -3.93. The zero-order valence-corrected chi connectivity index (χ0v) is 18.4. The first kappa shape index (κ1) is 22.3. The molecule has 4 rings (SSSR count). The van der Waals surface area contributed by atoms with Crippen LogP contribution in [0.1, 0.15) is 45.5 Å². The number of nitrogens with one attached hydrogen (secondary N) is 2. The molecule has 6 nitrogen and oxygen atoms in total. The lowest BCUT2D eigenvalue weighted by Crippen LogP contribution is -2.46. The third-order valence-corrected chi connectivity index (χ3v) is 5.87. The normalized spacial score (nSPS) is 12.4. The van der Waals surface area contributed by atoms with Crippen molar-refractivity contribution in [3.8, 4) is 11.1 Å². The molecule has 0 radical (unpaired) electrons. The maximum Gasteiger partial charge on any atom is 0.303 e. The maximum absolute atomic E-state index is 13.0. The predicted molar refractivity (Wildman–Crippen MR) is 126 cm³/mol. The third-order valence-electron chi connectivity index (χ3n) is 5.87. The fourth-order valence-electron chi connectivity index (χ4n) is 4.20. The number of carboxylic acids is 1. The van der Waals surface area contributed by atoms with Gasteiger partial charge in [0.15, 0.2) is 0 Å². The number of amides is 2. The lowest BCUT2D eigenvalue weighted by molar-refractivity contribution is -0.137. The molecule has 1 aliphatic carbocycles. The van der Waals surface area contributed by atoms with Gasteiger partial charge in [0.2, 0.25) is 5.91 Å². The van der Waals surface area contributed by atoms with Crippen molar-refractivity contribution >= 4 is 17.8 Å². The molecule has 2 amide bonds. The van der Waals surface area contributed by atoms with Crippen molar-refractivity contribution < 1.29 is 19.5 Å². The van der Waals surface area contributed by atoms with E-state index in [0.717, 1.165) is 28.7 Å². The third kappa shape index (κ3) is 5.29. The minimum Gasteiger partial charge on any atom is -0.481 e. The minimum absolute atomic E-state index is 0.0110. The summed E-state index contributed by atoms with van der Waals surface area (Å²) in [5.74, 6) is -1.81. The van der Waals surface area contributed by atoms with E-state index in [2.05, 4.69) is 22.8 Å². The van der Waals surface area contributed by atoms with Crippen LogP contribution in [-0.4, -0.2) is 28.9 Å². The van der Waals surface area contributed by atoms with Gasteiger partial charge in [0.05, 0.1) is 0 Å². The number of hydrogen-bond acceptors (Lipinski definition) is 3. The minimum atomic E-state index is -1.02. The Kier molecular flexibility index (Phi) is 6.54. The predicted octanol–water partition coefficient (Wildman–Crippen LogP) is 3.85. The molecule has 0 saturated carbocycles. The molecule has 0 fully saturated rings. The van der Waals surface area contributed by atoms with Crippen LogP contribution in [0.4, 0.5) is 0 Å². The summed E-state index contributed by atoms with van der Waals surface area (Å²) in [6.45, 7) is 2.27. The molecule has 3 aromatic rings. The molecule has 3 aromatic carbocycles. The largest absolute Gasteiger partial charge is 0.481 e. The number of fused-ring (bicyclic) bond motifs is 3. The lowest BCUT2D eigenvalue weighted by Gasteiger charge is -2.18. The zero-order valence-electron chi connectivity index (χ0n) is 18.4. The van der Waals surface area contributed by atoms with Crippen molar-refractivity contribution in [2.45, 2.75) is 38.8 Å². The van der Waals surface area contributed by atoms with Gasteiger partial charge in [-0.15, -0.1) is 0 Å². The van der Waals surface area contributed by atoms with Crippen LogP contribution < -0.4 is 10.6 Å². The Bertz CT molecular complexity index is 1220. The molecule has 6 heteroatoms. The van der Waals surface area contributed by atoms with Crippen molar-refractivity contribution in [3.63, 3.8) is 0 Å². The van der Waals surface area contributed by atoms with Crippen LogP contribution in [0.3, 0.4) is 0 Å². The molecule has 0 aliphatic heterocycles. The molecule has 0 aromatic heterocycles. The monoisotopic (exact) mass is 442 g/mol. The molecular formula is C27H26N2O4. The van der Waals surface area contributed by atoms with Crippen LogP contribution >= 0.6 is 0 Å². The van der Waals surface area contributed by atoms with Crippen LogP contribution in [0.5, 0.6) is 0 Å². The average molecular weight is 443 g/mol. The summed E-state index contributed by atoms with van der Waals surface area (Å²) in [6.07, 6.45) is 0.547. The van der Waals surface area contributed by atoms with E-state index in [9.17, 15) is 14.4 Å². The number of rotatable bonds is 8. The van der Waals surface area contributed by atoms with Crippen molar-refractivity contribution in [1.82, 2.24) is 10.6 Å². The molecule has 168 valence electrons. The van der Waals surface area contributed by atoms with Gasteiger partial charge in [-0.3, -0.25) is 14.4 Å². The fraction of sp³-hybridized carbons (Fsp3) is 0.222. The Morgan fingerprint density at radius 3 is 2.52 bits per heavy atom. The first-order chi connectivity index (χ1) is 15.9. The maximum atomic E-state index is 13.0. The van der Waals surface area contributed by atoms with Gasteiger partial charge in [-0.05, 0) is 59.7 Å². The molecule has 1 atom stereocenters. The van der Waals surface area contributed by atoms with Gasteiger partial charge in [0.1, 0.15) is 6.04 Å². The number of aryl methyl sites for hydroxylation is 1. The van der Waals surface area contributed by atoms with E-state index in [0.29, 0.717) is 12.1 Å². The van der Waals surface area contributed by atoms with Crippen molar-refractivity contribution in [1.29, 1.82) is 0 Å². The summed E-state index contributed by atoms with van der Waals surface area (Å²) in [7, 11) is 0.